The van der Waals surface area contributed by atoms with Gasteiger partial charge in [0.2, 0.25) is 0 Å². The van der Waals surface area contributed by atoms with Crippen LogP contribution >= 0.6 is 11.8 Å². The predicted molar refractivity (Wildman–Crippen MR) is 96.8 cm³/mol. The lowest BCUT2D eigenvalue weighted by molar-refractivity contribution is 0.109. The van der Waals surface area contributed by atoms with Gasteiger partial charge < -0.3 is 10.0 Å². The maximum absolute atomic E-state index is 13.9. The molecule has 1 fully saturated rings. The van der Waals surface area contributed by atoms with E-state index in [-0.39, 0.29) is 5.82 Å². The highest BCUT2D eigenvalue weighted by molar-refractivity contribution is 7.99. The molecule has 2 nitrogen and oxygen atoms in total. The molecule has 0 saturated carbocycles. The minimum absolute atomic E-state index is 0.222. The van der Waals surface area contributed by atoms with E-state index in [1.807, 2.05) is 30.3 Å². The van der Waals surface area contributed by atoms with Crippen molar-refractivity contribution in [2.45, 2.75) is 35.2 Å². The molecule has 1 aliphatic heterocycles. The molecule has 0 amide bonds. The van der Waals surface area contributed by atoms with Crippen molar-refractivity contribution >= 4 is 11.8 Å². The van der Waals surface area contributed by atoms with Crippen LogP contribution < -0.4 is 0 Å². The lowest BCUT2D eigenvalue weighted by Crippen LogP contribution is -2.32. The molecular formula is C20H24FNOS. The van der Waals surface area contributed by atoms with E-state index in [0.29, 0.717) is 10.8 Å². The number of benzene rings is 2. The van der Waals surface area contributed by atoms with Crippen LogP contribution in [0.2, 0.25) is 0 Å². The summed E-state index contributed by atoms with van der Waals surface area (Å²) in [5.41, 5.74) is 0.902. The van der Waals surface area contributed by atoms with Gasteiger partial charge in [-0.25, -0.2) is 4.39 Å². The fraction of sp³-hybridized carbons (Fsp3) is 0.400. The molecule has 1 heterocycles. The molecule has 2 aromatic carbocycles. The van der Waals surface area contributed by atoms with Crippen LogP contribution in [-0.4, -0.2) is 30.1 Å². The van der Waals surface area contributed by atoms with Crippen molar-refractivity contribution in [2.75, 3.05) is 20.1 Å². The van der Waals surface area contributed by atoms with Gasteiger partial charge in [-0.2, -0.15) is 0 Å². The first-order valence-corrected chi connectivity index (χ1v) is 9.33. The first-order valence-electron chi connectivity index (χ1n) is 8.51. The predicted octanol–water partition coefficient (Wildman–Crippen LogP) is 4.74. The summed E-state index contributed by atoms with van der Waals surface area (Å²) in [6.07, 6.45) is 2.62. The third kappa shape index (κ3) is 4.38. The van der Waals surface area contributed by atoms with Crippen LogP contribution in [0.3, 0.4) is 0 Å². The number of halogens is 1. The Kier molecular flexibility index (Phi) is 5.93. The number of hydrogen-bond donors (Lipinski definition) is 1. The van der Waals surface area contributed by atoms with Crippen molar-refractivity contribution in [3.63, 3.8) is 0 Å². The van der Waals surface area contributed by atoms with Crippen molar-refractivity contribution in [2.24, 2.45) is 5.92 Å². The van der Waals surface area contributed by atoms with E-state index in [1.165, 1.54) is 30.7 Å². The number of hydrogen-bond acceptors (Lipinski definition) is 3. The molecule has 0 radical (unpaired) electrons. The van der Waals surface area contributed by atoms with Gasteiger partial charge in [0.05, 0.1) is 6.10 Å². The van der Waals surface area contributed by atoms with E-state index in [2.05, 4.69) is 11.9 Å². The average Bonchev–Trinajstić information content (AvgIpc) is 2.57. The van der Waals surface area contributed by atoms with Crippen molar-refractivity contribution in [3.05, 3.63) is 59.9 Å². The second kappa shape index (κ2) is 8.15. The van der Waals surface area contributed by atoms with Gasteiger partial charge in [0.15, 0.2) is 0 Å². The van der Waals surface area contributed by atoms with E-state index in [1.54, 1.807) is 12.1 Å². The zero-order valence-electron chi connectivity index (χ0n) is 14.0. The summed E-state index contributed by atoms with van der Waals surface area (Å²) in [5, 5.41) is 10.8. The molecular weight excluding hydrogens is 321 g/mol. The van der Waals surface area contributed by atoms with Crippen LogP contribution in [0, 0.1) is 11.7 Å². The first kappa shape index (κ1) is 17.5. The van der Waals surface area contributed by atoms with Crippen molar-refractivity contribution in [1.29, 1.82) is 0 Å². The highest BCUT2D eigenvalue weighted by atomic mass is 32.2. The summed E-state index contributed by atoms with van der Waals surface area (Å²) in [5.74, 6) is 0.297. The van der Waals surface area contributed by atoms with Crippen LogP contribution in [0.5, 0.6) is 0 Å². The van der Waals surface area contributed by atoms with Gasteiger partial charge >= 0.3 is 0 Å². The Labute approximate surface area is 147 Å². The molecule has 0 aromatic heterocycles. The van der Waals surface area contributed by atoms with Crippen molar-refractivity contribution in [1.82, 2.24) is 4.90 Å². The first-order chi connectivity index (χ1) is 11.6. The van der Waals surface area contributed by atoms with Gasteiger partial charge in [-0.05, 0) is 62.5 Å². The Hall–Kier alpha value is -1.36. The van der Waals surface area contributed by atoms with Crippen LogP contribution in [-0.2, 0) is 0 Å². The average molecular weight is 345 g/mol. The number of likely N-dealkylation sites (tertiary alicyclic amines) is 1. The van der Waals surface area contributed by atoms with Crippen LogP contribution in [0.4, 0.5) is 4.39 Å². The summed E-state index contributed by atoms with van der Waals surface area (Å²) in [4.78, 5) is 3.86. The molecule has 0 spiro atoms. The van der Waals surface area contributed by atoms with E-state index in [0.717, 1.165) is 30.0 Å². The van der Waals surface area contributed by atoms with Gasteiger partial charge in [0.1, 0.15) is 5.82 Å². The van der Waals surface area contributed by atoms with Gasteiger partial charge in [0.25, 0.3) is 0 Å². The van der Waals surface area contributed by atoms with E-state index < -0.39 is 6.10 Å². The summed E-state index contributed by atoms with van der Waals surface area (Å²) < 4.78 is 13.9. The smallest absolute Gasteiger partial charge is 0.137 e. The number of piperidine rings is 1. The van der Waals surface area contributed by atoms with Crippen LogP contribution in [0.1, 0.15) is 30.9 Å². The van der Waals surface area contributed by atoms with Gasteiger partial charge in [-0.1, -0.05) is 42.1 Å². The fourth-order valence-electron chi connectivity index (χ4n) is 3.40. The Morgan fingerprint density at radius 2 is 1.88 bits per heavy atom. The molecule has 0 bridgehead atoms. The number of aliphatic hydroxyl groups excluding tert-OH is 1. The third-order valence-corrected chi connectivity index (χ3v) is 5.76. The summed E-state index contributed by atoms with van der Waals surface area (Å²) >= 11 is 1.39. The number of aliphatic hydroxyl groups is 1. The minimum atomic E-state index is -0.503. The molecule has 4 heteroatoms. The summed E-state index contributed by atoms with van der Waals surface area (Å²) in [6, 6.07) is 14.6. The molecule has 0 aliphatic carbocycles. The molecule has 128 valence electrons. The Bertz CT molecular complexity index is 678. The van der Waals surface area contributed by atoms with Crippen LogP contribution in [0.25, 0.3) is 0 Å². The number of rotatable bonds is 5. The van der Waals surface area contributed by atoms with Crippen molar-refractivity contribution in [3.8, 4) is 0 Å². The zero-order valence-corrected chi connectivity index (χ0v) is 14.8. The standard InChI is InChI=1S/C20H24FNOS/c1-22-12-6-7-15(14-22)13-18(23)16-8-2-4-10-19(16)24-20-11-5-3-9-17(20)21/h2-5,8-11,15,18,23H,6-7,12-14H2,1H3. The van der Waals surface area contributed by atoms with E-state index >= 15 is 0 Å². The zero-order chi connectivity index (χ0) is 16.9. The quantitative estimate of drug-likeness (QED) is 0.846. The maximum atomic E-state index is 13.9. The lowest BCUT2D eigenvalue weighted by Gasteiger charge is -2.31. The van der Waals surface area contributed by atoms with Gasteiger partial charge in [0, 0.05) is 16.3 Å². The molecule has 2 unspecified atom stereocenters. The molecule has 24 heavy (non-hydrogen) atoms. The topological polar surface area (TPSA) is 23.5 Å². The minimum Gasteiger partial charge on any atom is -0.388 e. The summed E-state index contributed by atoms with van der Waals surface area (Å²) in [7, 11) is 2.14. The van der Waals surface area contributed by atoms with Gasteiger partial charge in [-0.15, -0.1) is 0 Å². The van der Waals surface area contributed by atoms with E-state index in [9.17, 15) is 9.50 Å². The highest BCUT2D eigenvalue weighted by Crippen LogP contribution is 2.37. The summed E-state index contributed by atoms with van der Waals surface area (Å²) in [6.45, 7) is 2.19. The highest BCUT2D eigenvalue weighted by Gasteiger charge is 2.22. The fourth-order valence-corrected chi connectivity index (χ4v) is 4.42. The monoisotopic (exact) mass is 345 g/mol. The second-order valence-electron chi connectivity index (χ2n) is 6.59. The Balaban J connectivity index is 1.74. The normalized spacial score (nSPS) is 20.0. The molecule has 1 saturated heterocycles. The Morgan fingerprint density at radius 3 is 2.62 bits per heavy atom. The molecule has 2 atom stereocenters. The number of nitrogens with zero attached hydrogens (tertiary/aromatic N) is 1. The molecule has 1 aliphatic rings. The molecule has 1 N–H and O–H groups in total. The third-order valence-electron chi connectivity index (χ3n) is 4.61. The van der Waals surface area contributed by atoms with Crippen LogP contribution in [0.15, 0.2) is 58.3 Å². The van der Waals surface area contributed by atoms with Crippen molar-refractivity contribution < 1.29 is 9.50 Å². The largest absolute Gasteiger partial charge is 0.388 e. The lowest BCUT2D eigenvalue weighted by atomic mass is 9.90. The van der Waals surface area contributed by atoms with Gasteiger partial charge in [-0.3, -0.25) is 0 Å². The molecule has 2 aromatic rings. The second-order valence-corrected chi connectivity index (χ2v) is 7.68. The maximum Gasteiger partial charge on any atom is 0.137 e. The van der Waals surface area contributed by atoms with E-state index in [4.69, 9.17) is 0 Å². The Morgan fingerprint density at radius 1 is 1.17 bits per heavy atom. The molecule has 3 rings (SSSR count). The SMILES string of the molecule is CN1CCCC(CC(O)c2ccccc2Sc2ccccc2F)C1.